The number of halogens is 1. The van der Waals surface area contributed by atoms with Crippen LogP contribution < -0.4 is 4.74 Å². The van der Waals surface area contributed by atoms with Gasteiger partial charge >= 0.3 is 0 Å². The summed E-state index contributed by atoms with van der Waals surface area (Å²) in [4.78, 5) is 0. The van der Waals surface area contributed by atoms with E-state index in [9.17, 15) is 0 Å². The molecule has 3 nitrogen and oxygen atoms in total. The van der Waals surface area contributed by atoms with Crippen LogP contribution in [0.2, 0.25) is 0 Å². The summed E-state index contributed by atoms with van der Waals surface area (Å²) in [5.74, 6) is 0.885. The summed E-state index contributed by atoms with van der Waals surface area (Å²) in [5.41, 5.74) is 1.10. The number of hydrogen-bond donors (Lipinski definition) is 0. The monoisotopic (exact) mass is 294 g/mol. The van der Waals surface area contributed by atoms with E-state index in [2.05, 4.69) is 48.5 Å². The van der Waals surface area contributed by atoms with Crippen LogP contribution in [0.1, 0.15) is 26.5 Å². The highest BCUT2D eigenvalue weighted by Crippen LogP contribution is 2.28. The molecule has 0 atom stereocenters. The molecule has 0 saturated heterocycles. The molecule has 1 aromatic heterocycles. The molecule has 0 aliphatic rings. The van der Waals surface area contributed by atoms with Crippen molar-refractivity contribution >= 4 is 22.6 Å². The molecule has 1 rings (SSSR count). The maximum atomic E-state index is 5.26. The van der Waals surface area contributed by atoms with E-state index in [0.29, 0.717) is 0 Å². The van der Waals surface area contributed by atoms with E-state index in [1.807, 2.05) is 11.6 Å². The standard InChI is InChI=1S/C9H15IN2O/c1-6-7(13-5)8(10)11-12(6)9(2,3)4/h1-5H3. The van der Waals surface area contributed by atoms with E-state index >= 15 is 0 Å². The zero-order valence-electron chi connectivity index (χ0n) is 8.68. The van der Waals surface area contributed by atoms with E-state index in [-0.39, 0.29) is 5.54 Å². The Balaban J connectivity index is 3.26. The van der Waals surface area contributed by atoms with Gasteiger partial charge in [-0.1, -0.05) is 0 Å². The van der Waals surface area contributed by atoms with Gasteiger partial charge in [-0.2, -0.15) is 5.10 Å². The fourth-order valence-electron chi connectivity index (χ4n) is 1.34. The quantitative estimate of drug-likeness (QED) is 0.744. The Kier molecular flexibility index (Phi) is 2.89. The fraction of sp³-hybridized carbons (Fsp3) is 0.667. The number of rotatable bonds is 1. The lowest BCUT2D eigenvalue weighted by Crippen LogP contribution is -2.24. The number of aromatic nitrogens is 2. The fourth-order valence-corrected chi connectivity index (χ4v) is 2.16. The van der Waals surface area contributed by atoms with Crippen molar-refractivity contribution in [1.82, 2.24) is 9.78 Å². The van der Waals surface area contributed by atoms with E-state index in [1.54, 1.807) is 7.11 Å². The van der Waals surface area contributed by atoms with E-state index in [4.69, 9.17) is 4.74 Å². The molecule has 0 fully saturated rings. The third-order valence-corrected chi connectivity index (χ3v) is 2.57. The van der Waals surface area contributed by atoms with Gasteiger partial charge < -0.3 is 4.74 Å². The number of hydrogen-bond acceptors (Lipinski definition) is 2. The minimum atomic E-state index is 0.0147. The van der Waals surface area contributed by atoms with Crippen LogP contribution in [-0.2, 0) is 5.54 Å². The first kappa shape index (κ1) is 10.8. The summed E-state index contributed by atoms with van der Waals surface area (Å²) in [6.45, 7) is 8.41. The predicted molar refractivity (Wildman–Crippen MR) is 61.2 cm³/mol. The lowest BCUT2D eigenvalue weighted by Gasteiger charge is -2.20. The van der Waals surface area contributed by atoms with Crippen LogP contribution in [0, 0.1) is 10.6 Å². The van der Waals surface area contributed by atoms with E-state index < -0.39 is 0 Å². The Morgan fingerprint density at radius 1 is 1.38 bits per heavy atom. The second-order valence-corrected chi connectivity index (χ2v) is 5.01. The van der Waals surface area contributed by atoms with Crippen LogP contribution in [-0.4, -0.2) is 16.9 Å². The van der Waals surface area contributed by atoms with Gasteiger partial charge in [0.05, 0.1) is 18.3 Å². The van der Waals surface area contributed by atoms with Gasteiger partial charge in [-0.3, -0.25) is 4.68 Å². The van der Waals surface area contributed by atoms with Crippen molar-refractivity contribution in [2.24, 2.45) is 0 Å². The maximum absolute atomic E-state index is 5.26. The molecule has 0 spiro atoms. The van der Waals surface area contributed by atoms with Crippen LogP contribution in [0.4, 0.5) is 0 Å². The van der Waals surface area contributed by atoms with Crippen molar-refractivity contribution in [3.63, 3.8) is 0 Å². The lowest BCUT2D eigenvalue weighted by atomic mass is 10.1. The molecule has 0 N–H and O–H groups in total. The molecule has 13 heavy (non-hydrogen) atoms. The van der Waals surface area contributed by atoms with Crippen molar-refractivity contribution in [2.45, 2.75) is 33.2 Å². The molecule has 0 aromatic carbocycles. The normalized spacial score (nSPS) is 11.8. The van der Waals surface area contributed by atoms with Gasteiger partial charge in [0.2, 0.25) is 0 Å². The average molecular weight is 294 g/mol. The lowest BCUT2D eigenvalue weighted by molar-refractivity contribution is 0.342. The van der Waals surface area contributed by atoms with Crippen molar-refractivity contribution in [3.05, 3.63) is 9.39 Å². The molecule has 0 aliphatic carbocycles. The van der Waals surface area contributed by atoms with Gasteiger partial charge in [-0.15, -0.1) is 0 Å². The van der Waals surface area contributed by atoms with Crippen molar-refractivity contribution < 1.29 is 4.74 Å². The molecule has 1 heterocycles. The molecule has 1 aromatic rings. The highest BCUT2D eigenvalue weighted by molar-refractivity contribution is 14.1. The van der Waals surface area contributed by atoms with Crippen LogP contribution >= 0.6 is 22.6 Å². The topological polar surface area (TPSA) is 27.1 Å². The Hall–Kier alpha value is -0.260. The molecule has 0 bridgehead atoms. The second-order valence-electron chi connectivity index (χ2n) is 3.99. The first-order chi connectivity index (χ1) is 5.88. The Morgan fingerprint density at radius 2 is 1.92 bits per heavy atom. The summed E-state index contributed by atoms with van der Waals surface area (Å²) >= 11 is 2.19. The average Bonchev–Trinajstić information content (AvgIpc) is 2.25. The van der Waals surface area contributed by atoms with Crippen LogP contribution in [0.3, 0.4) is 0 Å². The zero-order valence-corrected chi connectivity index (χ0v) is 10.8. The molecule has 0 unspecified atom stereocenters. The highest BCUT2D eigenvalue weighted by atomic mass is 127. The zero-order chi connectivity index (χ0) is 10.2. The van der Waals surface area contributed by atoms with Crippen molar-refractivity contribution in [2.75, 3.05) is 7.11 Å². The van der Waals surface area contributed by atoms with Gasteiger partial charge in [-0.05, 0) is 50.3 Å². The largest absolute Gasteiger partial charge is 0.492 e. The minimum absolute atomic E-state index is 0.0147. The summed E-state index contributed by atoms with van der Waals surface area (Å²) < 4.78 is 8.18. The van der Waals surface area contributed by atoms with Gasteiger partial charge in [-0.25, -0.2) is 0 Å². The van der Waals surface area contributed by atoms with Gasteiger partial charge in [0, 0.05) is 0 Å². The Bertz CT molecular complexity index is 312. The summed E-state index contributed by atoms with van der Waals surface area (Å²) in [7, 11) is 1.68. The van der Waals surface area contributed by atoms with Crippen LogP contribution in [0.15, 0.2) is 0 Å². The van der Waals surface area contributed by atoms with Crippen LogP contribution in [0.25, 0.3) is 0 Å². The maximum Gasteiger partial charge on any atom is 0.173 e. The summed E-state index contributed by atoms with van der Waals surface area (Å²) in [6.07, 6.45) is 0. The highest BCUT2D eigenvalue weighted by Gasteiger charge is 2.21. The van der Waals surface area contributed by atoms with Gasteiger partial charge in [0.1, 0.15) is 0 Å². The Labute approximate surface area is 92.6 Å². The van der Waals surface area contributed by atoms with E-state index in [0.717, 1.165) is 15.1 Å². The molecule has 4 heteroatoms. The third kappa shape index (κ3) is 1.98. The predicted octanol–water partition coefficient (Wildman–Crippen LogP) is 2.56. The van der Waals surface area contributed by atoms with E-state index in [1.165, 1.54) is 0 Å². The SMILES string of the molecule is COc1c(I)nn(C(C)(C)C)c1C. The summed E-state index contributed by atoms with van der Waals surface area (Å²) in [5, 5.41) is 4.43. The first-order valence-corrected chi connectivity index (χ1v) is 5.25. The number of nitrogens with zero attached hydrogens (tertiary/aromatic N) is 2. The van der Waals surface area contributed by atoms with Crippen LogP contribution in [0.5, 0.6) is 5.75 Å². The molecule has 0 amide bonds. The van der Waals surface area contributed by atoms with Gasteiger partial charge in [0.25, 0.3) is 0 Å². The smallest absolute Gasteiger partial charge is 0.173 e. The van der Waals surface area contributed by atoms with Crippen molar-refractivity contribution in [1.29, 1.82) is 0 Å². The number of methoxy groups -OCH3 is 1. The molecular formula is C9H15IN2O. The molecule has 0 aliphatic heterocycles. The number of ether oxygens (including phenoxy) is 1. The minimum Gasteiger partial charge on any atom is -0.492 e. The second kappa shape index (κ2) is 3.48. The molecule has 0 radical (unpaired) electrons. The molecular weight excluding hydrogens is 279 g/mol. The Morgan fingerprint density at radius 3 is 2.15 bits per heavy atom. The first-order valence-electron chi connectivity index (χ1n) is 4.17. The molecule has 0 saturated carbocycles. The molecule has 74 valence electrons. The summed E-state index contributed by atoms with van der Waals surface area (Å²) in [6, 6.07) is 0. The third-order valence-electron chi connectivity index (χ3n) is 1.86. The van der Waals surface area contributed by atoms with Crippen molar-refractivity contribution in [3.8, 4) is 5.75 Å². The van der Waals surface area contributed by atoms with Gasteiger partial charge in [0.15, 0.2) is 9.45 Å².